The Morgan fingerprint density at radius 3 is 2.46 bits per heavy atom. The van der Waals surface area contributed by atoms with Crippen molar-refractivity contribution in [2.75, 3.05) is 54.6 Å². The molecule has 160 valence electrons. The van der Waals surface area contributed by atoms with Crippen molar-refractivity contribution in [3.8, 4) is 11.5 Å². The Morgan fingerprint density at radius 2 is 1.89 bits per heavy atom. The largest absolute Gasteiger partial charge is 0.493 e. The fraction of sp³-hybridized carbons (Fsp3) is 0.667. The molecule has 0 aromatic heterocycles. The Morgan fingerprint density at radius 1 is 1.21 bits per heavy atom. The van der Waals surface area contributed by atoms with E-state index in [1.165, 1.54) is 18.4 Å². The number of hydrogen-bond donors (Lipinski definition) is 1. The Kier molecular flexibility index (Phi) is 10.4. The number of guanidine groups is 1. The monoisotopic (exact) mass is 505 g/mol. The van der Waals surface area contributed by atoms with Crippen molar-refractivity contribution in [3.05, 3.63) is 23.8 Å². The molecule has 0 spiro atoms. The van der Waals surface area contributed by atoms with Gasteiger partial charge in [-0.25, -0.2) is 0 Å². The van der Waals surface area contributed by atoms with Crippen LogP contribution in [0.3, 0.4) is 0 Å². The van der Waals surface area contributed by atoms with Crippen molar-refractivity contribution in [1.82, 2.24) is 10.2 Å². The summed E-state index contributed by atoms with van der Waals surface area (Å²) in [5, 5.41) is 3.48. The van der Waals surface area contributed by atoms with E-state index in [2.05, 4.69) is 35.1 Å². The van der Waals surface area contributed by atoms with E-state index in [9.17, 15) is 0 Å². The van der Waals surface area contributed by atoms with Crippen molar-refractivity contribution in [2.24, 2.45) is 10.9 Å². The first-order chi connectivity index (χ1) is 12.9. The quantitative estimate of drug-likeness (QED) is 0.228. The number of benzene rings is 1. The Bertz CT molecular complexity index is 633. The van der Waals surface area contributed by atoms with Gasteiger partial charge in [0.1, 0.15) is 0 Å². The highest BCUT2D eigenvalue weighted by molar-refractivity contribution is 14.0. The van der Waals surface area contributed by atoms with Crippen LogP contribution >= 0.6 is 24.0 Å². The highest BCUT2D eigenvalue weighted by atomic mass is 127. The third-order valence-electron chi connectivity index (χ3n) is 5.05. The standard InChI is InChI=1S/C21H35N3O3.HI/c1-21(2,17-9-10-18(25-5)19(13-17)26-6)15-23-20(22-3)24(4)11-12-27-14-16-7-8-16;/h9-10,13,16H,7-8,11-12,14-15H2,1-6H3,(H,22,23);1H. The summed E-state index contributed by atoms with van der Waals surface area (Å²) in [6, 6.07) is 6.08. The normalized spacial score (nSPS) is 14.3. The molecule has 0 radical (unpaired) electrons. The minimum absolute atomic E-state index is 0. The van der Waals surface area contributed by atoms with Crippen molar-refractivity contribution in [2.45, 2.75) is 32.1 Å². The second-order valence-corrected chi connectivity index (χ2v) is 7.79. The first kappa shape index (κ1) is 24.8. The van der Waals surface area contributed by atoms with Crippen LogP contribution in [0.4, 0.5) is 0 Å². The van der Waals surface area contributed by atoms with Gasteiger partial charge in [-0.1, -0.05) is 19.9 Å². The van der Waals surface area contributed by atoms with Gasteiger partial charge in [0, 0.05) is 39.2 Å². The van der Waals surface area contributed by atoms with Crippen LogP contribution in [0.1, 0.15) is 32.3 Å². The molecule has 0 aliphatic heterocycles. The minimum atomic E-state index is -0.0984. The molecule has 1 aromatic rings. The van der Waals surface area contributed by atoms with Crippen LogP contribution in [-0.4, -0.2) is 65.5 Å². The maximum atomic E-state index is 5.73. The van der Waals surface area contributed by atoms with E-state index in [0.29, 0.717) is 0 Å². The Hall–Kier alpha value is -1.22. The number of aliphatic imine (C=N–C) groups is 1. The highest BCUT2D eigenvalue weighted by Gasteiger charge is 2.24. The maximum Gasteiger partial charge on any atom is 0.193 e. The van der Waals surface area contributed by atoms with E-state index in [1.54, 1.807) is 14.2 Å². The van der Waals surface area contributed by atoms with Crippen molar-refractivity contribution >= 4 is 29.9 Å². The predicted molar refractivity (Wildman–Crippen MR) is 126 cm³/mol. The summed E-state index contributed by atoms with van der Waals surface area (Å²) in [5.41, 5.74) is 1.08. The molecule has 1 aromatic carbocycles. The summed E-state index contributed by atoms with van der Waals surface area (Å²) in [7, 11) is 7.17. The number of ether oxygens (including phenoxy) is 3. The van der Waals surface area contributed by atoms with E-state index >= 15 is 0 Å². The summed E-state index contributed by atoms with van der Waals surface area (Å²) < 4.78 is 16.5. The van der Waals surface area contributed by atoms with Gasteiger partial charge in [0.15, 0.2) is 17.5 Å². The number of rotatable bonds is 10. The maximum absolute atomic E-state index is 5.73. The molecule has 0 bridgehead atoms. The molecule has 1 fully saturated rings. The lowest BCUT2D eigenvalue weighted by molar-refractivity contribution is 0.115. The number of likely N-dealkylation sites (N-methyl/N-ethyl adjacent to an activating group) is 1. The van der Waals surface area contributed by atoms with Gasteiger partial charge in [-0.05, 0) is 36.5 Å². The van der Waals surface area contributed by atoms with Crippen LogP contribution in [0.2, 0.25) is 0 Å². The fourth-order valence-corrected chi connectivity index (χ4v) is 2.89. The molecule has 0 heterocycles. The second-order valence-electron chi connectivity index (χ2n) is 7.79. The molecule has 0 atom stereocenters. The predicted octanol–water partition coefficient (Wildman–Crippen LogP) is 3.53. The number of nitrogens with one attached hydrogen (secondary N) is 1. The van der Waals surface area contributed by atoms with Crippen LogP contribution in [-0.2, 0) is 10.2 Å². The molecule has 1 aliphatic rings. The first-order valence-corrected chi connectivity index (χ1v) is 9.63. The molecular weight excluding hydrogens is 469 g/mol. The zero-order valence-electron chi connectivity index (χ0n) is 18.1. The van der Waals surface area contributed by atoms with Gasteiger partial charge in [-0.2, -0.15) is 0 Å². The van der Waals surface area contributed by atoms with Gasteiger partial charge >= 0.3 is 0 Å². The van der Waals surface area contributed by atoms with Crippen molar-refractivity contribution < 1.29 is 14.2 Å². The highest BCUT2D eigenvalue weighted by Crippen LogP contribution is 2.33. The molecule has 28 heavy (non-hydrogen) atoms. The smallest absolute Gasteiger partial charge is 0.193 e. The number of hydrogen-bond acceptors (Lipinski definition) is 4. The molecule has 1 saturated carbocycles. The molecule has 6 nitrogen and oxygen atoms in total. The van der Waals surface area contributed by atoms with Gasteiger partial charge in [0.25, 0.3) is 0 Å². The summed E-state index contributed by atoms with van der Waals surface area (Å²) in [6.45, 7) is 7.60. The molecule has 0 unspecified atom stereocenters. The average Bonchev–Trinajstić information content (AvgIpc) is 3.49. The third kappa shape index (κ3) is 7.31. The van der Waals surface area contributed by atoms with E-state index in [0.717, 1.165) is 49.7 Å². The molecule has 1 aliphatic carbocycles. The lowest BCUT2D eigenvalue weighted by Crippen LogP contribution is -2.45. The van der Waals surface area contributed by atoms with Crippen molar-refractivity contribution in [3.63, 3.8) is 0 Å². The van der Waals surface area contributed by atoms with Crippen LogP contribution in [0.5, 0.6) is 11.5 Å². The van der Waals surface area contributed by atoms with Gasteiger partial charge in [0.2, 0.25) is 0 Å². The lowest BCUT2D eigenvalue weighted by Gasteiger charge is -2.29. The first-order valence-electron chi connectivity index (χ1n) is 9.63. The Balaban J connectivity index is 0.00000392. The van der Waals surface area contributed by atoms with Crippen LogP contribution < -0.4 is 14.8 Å². The summed E-state index contributed by atoms with van der Waals surface area (Å²) in [6.07, 6.45) is 2.65. The molecule has 2 rings (SSSR count). The zero-order valence-corrected chi connectivity index (χ0v) is 20.4. The SMILES string of the molecule is CN=C(NCC(C)(C)c1ccc(OC)c(OC)c1)N(C)CCOCC1CC1.I. The van der Waals surface area contributed by atoms with E-state index < -0.39 is 0 Å². The topological polar surface area (TPSA) is 55.3 Å². The minimum Gasteiger partial charge on any atom is -0.493 e. The second kappa shape index (κ2) is 11.7. The molecule has 0 saturated heterocycles. The number of nitrogens with zero attached hydrogens (tertiary/aromatic N) is 2. The number of methoxy groups -OCH3 is 2. The molecular formula is C21H36IN3O3. The van der Waals surface area contributed by atoms with Crippen LogP contribution in [0.25, 0.3) is 0 Å². The van der Waals surface area contributed by atoms with Gasteiger partial charge < -0.3 is 24.4 Å². The van der Waals surface area contributed by atoms with Gasteiger partial charge in [0.05, 0.1) is 20.8 Å². The van der Waals surface area contributed by atoms with Crippen LogP contribution in [0, 0.1) is 5.92 Å². The average molecular weight is 505 g/mol. The molecule has 0 amide bonds. The van der Waals surface area contributed by atoms with E-state index in [1.807, 2.05) is 26.2 Å². The van der Waals surface area contributed by atoms with Gasteiger partial charge in [-0.3, -0.25) is 4.99 Å². The zero-order chi connectivity index (χ0) is 19.9. The molecule has 1 N–H and O–H groups in total. The molecule has 7 heteroatoms. The third-order valence-corrected chi connectivity index (χ3v) is 5.05. The van der Waals surface area contributed by atoms with Crippen molar-refractivity contribution in [1.29, 1.82) is 0 Å². The van der Waals surface area contributed by atoms with E-state index in [-0.39, 0.29) is 29.4 Å². The van der Waals surface area contributed by atoms with E-state index in [4.69, 9.17) is 14.2 Å². The number of halogens is 1. The summed E-state index contributed by atoms with van der Waals surface area (Å²) >= 11 is 0. The Labute approximate surface area is 187 Å². The lowest BCUT2D eigenvalue weighted by atomic mass is 9.84. The summed E-state index contributed by atoms with van der Waals surface area (Å²) in [4.78, 5) is 6.51. The van der Waals surface area contributed by atoms with Gasteiger partial charge in [-0.15, -0.1) is 24.0 Å². The summed E-state index contributed by atoms with van der Waals surface area (Å²) in [5.74, 6) is 3.16. The van der Waals surface area contributed by atoms with Crippen LogP contribution in [0.15, 0.2) is 23.2 Å². The fourth-order valence-electron chi connectivity index (χ4n) is 2.89.